The van der Waals surface area contributed by atoms with E-state index >= 15 is 0 Å². The number of rotatable bonds is 8. The SMILES string of the molecule is COCCCCCNC(=O)C(C)(C)N1CCNCC1. The van der Waals surface area contributed by atoms with Crippen LogP contribution in [0.5, 0.6) is 0 Å². The number of methoxy groups -OCH3 is 1. The van der Waals surface area contributed by atoms with Crippen molar-refractivity contribution < 1.29 is 9.53 Å². The third kappa shape index (κ3) is 5.47. The van der Waals surface area contributed by atoms with Crippen LogP contribution in [0.3, 0.4) is 0 Å². The fraction of sp³-hybridized carbons (Fsp3) is 0.929. The van der Waals surface area contributed by atoms with E-state index in [1.54, 1.807) is 7.11 Å². The van der Waals surface area contributed by atoms with Gasteiger partial charge in [-0.3, -0.25) is 9.69 Å². The lowest BCUT2D eigenvalue weighted by molar-refractivity contribution is -0.132. The molecule has 112 valence electrons. The molecule has 0 aromatic carbocycles. The van der Waals surface area contributed by atoms with E-state index in [-0.39, 0.29) is 5.91 Å². The standard InChI is InChI=1S/C14H29N3O2/c1-14(2,17-10-8-15-9-11-17)13(18)16-7-5-4-6-12-19-3/h15H,4-12H2,1-3H3,(H,16,18). The Morgan fingerprint density at radius 2 is 1.95 bits per heavy atom. The Morgan fingerprint density at radius 1 is 1.26 bits per heavy atom. The van der Waals surface area contributed by atoms with Crippen molar-refractivity contribution in [3.05, 3.63) is 0 Å². The van der Waals surface area contributed by atoms with Gasteiger partial charge in [0.1, 0.15) is 0 Å². The first-order valence-electron chi connectivity index (χ1n) is 7.32. The zero-order valence-electron chi connectivity index (χ0n) is 12.6. The van der Waals surface area contributed by atoms with E-state index < -0.39 is 5.54 Å². The summed E-state index contributed by atoms with van der Waals surface area (Å²) in [6.07, 6.45) is 3.18. The summed E-state index contributed by atoms with van der Waals surface area (Å²) in [5.74, 6) is 0.140. The van der Waals surface area contributed by atoms with Crippen LogP contribution in [0.25, 0.3) is 0 Å². The summed E-state index contributed by atoms with van der Waals surface area (Å²) in [5, 5.41) is 6.37. The second-order valence-corrected chi connectivity index (χ2v) is 5.61. The molecule has 0 bridgehead atoms. The molecule has 1 rings (SSSR count). The molecule has 0 spiro atoms. The first-order chi connectivity index (χ1) is 9.09. The lowest BCUT2D eigenvalue weighted by Gasteiger charge is -2.39. The number of nitrogens with one attached hydrogen (secondary N) is 2. The molecule has 1 heterocycles. The van der Waals surface area contributed by atoms with Gasteiger partial charge in [-0.2, -0.15) is 0 Å². The summed E-state index contributed by atoms with van der Waals surface area (Å²) < 4.78 is 5.00. The highest BCUT2D eigenvalue weighted by atomic mass is 16.5. The summed E-state index contributed by atoms with van der Waals surface area (Å²) >= 11 is 0. The van der Waals surface area contributed by atoms with Crippen molar-refractivity contribution >= 4 is 5.91 Å². The van der Waals surface area contributed by atoms with E-state index in [4.69, 9.17) is 4.74 Å². The number of piperazine rings is 1. The number of unbranched alkanes of at least 4 members (excludes halogenated alkanes) is 2. The van der Waals surface area contributed by atoms with Gasteiger partial charge in [-0.15, -0.1) is 0 Å². The van der Waals surface area contributed by atoms with Gasteiger partial charge in [0.2, 0.25) is 5.91 Å². The third-order valence-electron chi connectivity index (χ3n) is 3.77. The number of amides is 1. The Bertz CT molecular complexity index is 263. The number of nitrogens with zero attached hydrogens (tertiary/aromatic N) is 1. The van der Waals surface area contributed by atoms with Crippen LogP contribution in [0, 0.1) is 0 Å². The van der Waals surface area contributed by atoms with Crippen LogP contribution in [0.1, 0.15) is 33.1 Å². The lowest BCUT2D eigenvalue weighted by Crippen LogP contribution is -2.60. The van der Waals surface area contributed by atoms with Gasteiger partial charge in [-0.05, 0) is 33.1 Å². The molecule has 0 saturated carbocycles. The fourth-order valence-electron chi connectivity index (χ4n) is 2.33. The Kier molecular flexibility index (Phi) is 7.34. The van der Waals surface area contributed by atoms with Gasteiger partial charge < -0.3 is 15.4 Å². The van der Waals surface area contributed by atoms with E-state index in [0.717, 1.165) is 58.6 Å². The van der Waals surface area contributed by atoms with Crippen molar-refractivity contribution in [2.45, 2.75) is 38.6 Å². The average Bonchev–Trinajstić information content (AvgIpc) is 2.43. The Hall–Kier alpha value is -0.650. The molecule has 0 aliphatic carbocycles. The van der Waals surface area contributed by atoms with E-state index in [1.807, 2.05) is 13.8 Å². The van der Waals surface area contributed by atoms with Gasteiger partial charge in [-0.25, -0.2) is 0 Å². The molecule has 2 N–H and O–H groups in total. The Labute approximate surface area is 117 Å². The average molecular weight is 271 g/mol. The molecule has 0 aromatic rings. The maximum Gasteiger partial charge on any atom is 0.239 e. The molecule has 0 unspecified atom stereocenters. The maximum absolute atomic E-state index is 12.3. The quantitative estimate of drug-likeness (QED) is 0.635. The summed E-state index contributed by atoms with van der Waals surface area (Å²) in [7, 11) is 1.72. The molecule has 19 heavy (non-hydrogen) atoms. The van der Waals surface area contributed by atoms with Gasteiger partial charge in [0, 0.05) is 46.4 Å². The van der Waals surface area contributed by atoms with Crippen molar-refractivity contribution in [2.24, 2.45) is 0 Å². The van der Waals surface area contributed by atoms with E-state index in [0.29, 0.717) is 0 Å². The third-order valence-corrected chi connectivity index (χ3v) is 3.77. The molecule has 5 heteroatoms. The van der Waals surface area contributed by atoms with Crippen molar-refractivity contribution in [2.75, 3.05) is 46.4 Å². The summed E-state index contributed by atoms with van der Waals surface area (Å²) in [6, 6.07) is 0. The molecular formula is C14H29N3O2. The molecule has 1 amide bonds. The highest BCUT2D eigenvalue weighted by molar-refractivity contribution is 5.85. The highest BCUT2D eigenvalue weighted by Gasteiger charge is 2.34. The zero-order chi connectivity index (χ0) is 14.1. The predicted octanol–water partition coefficient (Wildman–Crippen LogP) is 0.603. The first kappa shape index (κ1) is 16.4. The predicted molar refractivity (Wildman–Crippen MR) is 77.3 cm³/mol. The smallest absolute Gasteiger partial charge is 0.239 e. The maximum atomic E-state index is 12.3. The molecule has 0 aromatic heterocycles. The van der Waals surface area contributed by atoms with Gasteiger partial charge in [0.25, 0.3) is 0 Å². The number of hydrogen-bond acceptors (Lipinski definition) is 4. The molecule has 1 aliphatic rings. The second-order valence-electron chi connectivity index (χ2n) is 5.61. The van der Waals surface area contributed by atoms with Crippen LogP contribution in [0.15, 0.2) is 0 Å². The van der Waals surface area contributed by atoms with Gasteiger partial charge >= 0.3 is 0 Å². The summed E-state index contributed by atoms with van der Waals surface area (Å²) in [6.45, 7) is 9.40. The van der Waals surface area contributed by atoms with Crippen molar-refractivity contribution in [1.82, 2.24) is 15.5 Å². The molecule has 5 nitrogen and oxygen atoms in total. The van der Waals surface area contributed by atoms with Crippen LogP contribution < -0.4 is 10.6 Å². The fourth-order valence-corrected chi connectivity index (χ4v) is 2.33. The molecule has 0 radical (unpaired) electrons. The minimum absolute atomic E-state index is 0.140. The van der Waals surface area contributed by atoms with Gasteiger partial charge in [0.05, 0.1) is 5.54 Å². The first-order valence-corrected chi connectivity index (χ1v) is 7.32. The second kappa shape index (κ2) is 8.51. The summed E-state index contributed by atoms with van der Waals surface area (Å²) in [4.78, 5) is 14.5. The number of ether oxygens (including phenoxy) is 1. The van der Waals surface area contributed by atoms with Crippen LogP contribution in [0.4, 0.5) is 0 Å². The Balaban J connectivity index is 2.22. The topological polar surface area (TPSA) is 53.6 Å². The van der Waals surface area contributed by atoms with Crippen molar-refractivity contribution in [3.8, 4) is 0 Å². The molecule has 1 aliphatic heterocycles. The minimum Gasteiger partial charge on any atom is -0.385 e. The monoisotopic (exact) mass is 271 g/mol. The van der Waals surface area contributed by atoms with Crippen molar-refractivity contribution in [1.29, 1.82) is 0 Å². The number of carbonyl (C=O) groups is 1. The van der Waals surface area contributed by atoms with Crippen LogP contribution in [-0.2, 0) is 9.53 Å². The van der Waals surface area contributed by atoms with Crippen LogP contribution in [0.2, 0.25) is 0 Å². The van der Waals surface area contributed by atoms with Gasteiger partial charge in [0.15, 0.2) is 0 Å². The minimum atomic E-state index is -0.408. The highest BCUT2D eigenvalue weighted by Crippen LogP contribution is 2.15. The molecular weight excluding hydrogens is 242 g/mol. The lowest BCUT2D eigenvalue weighted by atomic mass is 10.0. The molecule has 1 fully saturated rings. The van der Waals surface area contributed by atoms with E-state index in [1.165, 1.54) is 0 Å². The molecule has 0 atom stereocenters. The van der Waals surface area contributed by atoms with Crippen molar-refractivity contribution in [3.63, 3.8) is 0 Å². The summed E-state index contributed by atoms with van der Waals surface area (Å²) in [5.41, 5.74) is -0.408. The van der Waals surface area contributed by atoms with Gasteiger partial charge in [-0.1, -0.05) is 0 Å². The largest absolute Gasteiger partial charge is 0.385 e. The van der Waals surface area contributed by atoms with E-state index in [2.05, 4.69) is 15.5 Å². The number of carbonyl (C=O) groups excluding carboxylic acids is 1. The van der Waals surface area contributed by atoms with Crippen LogP contribution in [-0.4, -0.2) is 62.8 Å². The normalized spacial score (nSPS) is 17.4. The zero-order valence-corrected chi connectivity index (χ0v) is 12.6. The molecule has 1 saturated heterocycles. The van der Waals surface area contributed by atoms with Crippen LogP contribution >= 0.6 is 0 Å². The Morgan fingerprint density at radius 3 is 2.58 bits per heavy atom. The van der Waals surface area contributed by atoms with E-state index in [9.17, 15) is 4.79 Å². The number of hydrogen-bond donors (Lipinski definition) is 2.